The summed E-state index contributed by atoms with van der Waals surface area (Å²) in [6, 6.07) is 8.16. The summed E-state index contributed by atoms with van der Waals surface area (Å²) in [6.45, 7) is 0.200. The van der Waals surface area contributed by atoms with Crippen molar-refractivity contribution in [1.29, 1.82) is 0 Å². The van der Waals surface area contributed by atoms with Crippen LogP contribution in [0.4, 0.5) is 10.1 Å². The number of nitro groups is 1. The van der Waals surface area contributed by atoms with Crippen molar-refractivity contribution in [2.75, 3.05) is 0 Å². The molecule has 0 saturated heterocycles. The van der Waals surface area contributed by atoms with Crippen molar-refractivity contribution in [2.45, 2.75) is 6.54 Å². The topological polar surface area (TPSA) is 78.4 Å². The van der Waals surface area contributed by atoms with E-state index in [1.807, 2.05) is 0 Å². The van der Waals surface area contributed by atoms with Gasteiger partial charge in [-0.2, -0.15) is 4.39 Å². The highest BCUT2D eigenvalue weighted by Gasteiger charge is 2.15. The van der Waals surface area contributed by atoms with Gasteiger partial charge in [-0.15, -0.1) is 0 Å². The van der Waals surface area contributed by atoms with Gasteiger partial charge in [-0.25, -0.2) is 0 Å². The first-order chi connectivity index (χ1) is 9.51. The Morgan fingerprint density at radius 1 is 1.30 bits per heavy atom. The van der Waals surface area contributed by atoms with Crippen molar-refractivity contribution in [3.63, 3.8) is 0 Å². The molecule has 0 spiro atoms. The average Bonchev–Trinajstić information content (AvgIpc) is 2.40. The minimum Gasteiger partial charge on any atom is -0.457 e. The van der Waals surface area contributed by atoms with E-state index in [9.17, 15) is 14.5 Å². The third-order valence-electron chi connectivity index (χ3n) is 2.59. The van der Waals surface area contributed by atoms with Crippen molar-refractivity contribution < 1.29 is 14.1 Å². The molecule has 0 aliphatic heterocycles. The number of nitro benzene ring substituents is 1. The third-order valence-corrected chi connectivity index (χ3v) is 2.82. The number of hydrogen-bond acceptors (Lipinski definition) is 4. The molecule has 2 rings (SSSR count). The molecule has 0 aliphatic rings. The Bertz CT molecular complexity index is 664. The van der Waals surface area contributed by atoms with Crippen LogP contribution in [0.3, 0.4) is 0 Å². The van der Waals surface area contributed by atoms with E-state index in [2.05, 4.69) is 0 Å². The van der Waals surface area contributed by atoms with Gasteiger partial charge in [0.05, 0.1) is 4.92 Å². The molecule has 0 radical (unpaired) electrons. The van der Waals surface area contributed by atoms with Crippen molar-refractivity contribution in [2.24, 2.45) is 5.73 Å². The van der Waals surface area contributed by atoms with E-state index in [4.69, 9.17) is 22.1 Å². The van der Waals surface area contributed by atoms with Gasteiger partial charge in [-0.1, -0.05) is 11.6 Å². The molecular formula is C13H10ClFN2O3. The predicted molar refractivity (Wildman–Crippen MR) is 72.5 cm³/mol. The maximum absolute atomic E-state index is 13.5. The molecule has 104 valence electrons. The number of nitrogens with two attached hydrogens (primary N) is 1. The molecule has 0 aliphatic carbocycles. The van der Waals surface area contributed by atoms with E-state index in [0.717, 1.165) is 12.1 Å². The van der Waals surface area contributed by atoms with E-state index in [-0.39, 0.29) is 12.3 Å². The SMILES string of the molecule is NCc1cc(Cl)ccc1Oc1ccc([N+](=O)[O-])c(F)c1. The molecule has 2 N–H and O–H groups in total. The Hall–Kier alpha value is -2.18. The molecule has 20 heavy (non-hydrogen) atoms. The van der Waals surface area contributed by atoms with Crippen LogP contribution in [-0.4, -0.2) is 4.92 Å². The first-order valence-corrected chi connectivity index (χ1v) is 5.99. The molecule has 0 heterocycles. The first-order valence-electron chi connectivity index (χ1n) is 5.61. The van der Waals surface area contributed by atoms with Crippen LogP contribution >= 0.6 is 11.6 Å². The van der Waals surface area contributed by atoms with Crippen molar-refractivity contribution >= 4 is 17.3 Å². The number of halogens is 2. The van der Waals surface area contributed by atoms with Gasteiger partial charge in [-0.05, 0) is 24.3 Å². The molecule has 0 amide bonds. The summed E-state index contributed by atoms with van der Waals surface area (Å²) in [7, 11) is 0. The van der Waals surface area contributed by atoms with Crippen LogP contribution in [0, 0.1) is 15.9 Å². The average molecular weight is 297 g/mol. The zero-order chi connectivity index (χ0) is 14.7. The number of nitrogens with zero attached hydrogens (tertiary/aromatic N) is 1. The third kappa shape index (κ3) is 3.04. The molecule has 0 fully saturated rings. The molecule has 0 unspecified atom stereocenters. The Labute approximate surface area is 118 Å². The fourth-order valence-electron chi connectivity index (χ4n) is 1.63. The lowest BCUT2D eigenvalue weighted by molar-refractivity contribution is -0.387. The van der Waals surface area contributed by atoms with Gasteiger partial charge < -0.3 is 10.5 Å². The first kappa shape index (κ1) is 14.2. The lowest BCUT2D eigenvalue weighted by Crippen LogP contribution is -2.00. The van der Waals surface area contributed by atoms with Gasteiger partial charge in [0, 0.05) is 29.3 Å². The van der Waals surface area contributed by atoms with E-state index in [0.29, 0.717) is 16.3 Å². The number of hydrogen-bond donors (Lipinski definition) is 1. The van der Waals surface area contributed by atoms with Gasteiger partial charge in [0.2, 0.25) is 5.82 Å². The van der Waals surface area contributed by atoms with Crippen LogP contribution in [0.5, 0.6) is 11.5 Å². The summed E-state index contributed by atoms with van der Waals surface area (Å²) in [5.74, 6) is -0.397. The van der Waals surface area contributed by atoms with Crippen LogP contribution in [0.15, 0.2) is 36.4 Å². The Kier molecular flexibility index (Phi) is 4.16. The molecule has 0 atom stereocenters. The molecule has 2 aromatic rings. The Balaban J connectivity index is 2.31. The van der Waals surface area contributed by atoms with E-state index < -0.39 is 16.4 Å². The number of benzene rings is 2. The maximum atomic E-state index is 13.5. The highest BCUT2D eigenvalue weighted by Crippen LogP contribution is 2.30. The molecule has 7 heteroatoms. The monoisotopic (exact) mass is 296 g/mol. The Morgan fingerprint density at radius 3 is 2.65 bits per heavy atom. The predicted octanol–water partition coefficient (Wildman–Crippen LogP) is 3.64. The van der Waals surface area contributed by atoms with Crippen molar-refractivity contribution in [3.05, 3.63) is 62.9 Å². The molecular weight excluding hydrogens is 287 g/mol. The summed E-state index contributed by atoms with van der Waals surface area (Å²) in [4.78, 5) is 9.72. The Morgan fingerprint density at radius 2 is 2.05 bits per heavy atom. The van der Waals surface area contributed by atoms with Crippen LogP contribution < -0.4 is 10.5 Å². The maximum Gasteiger partial charge on any atom is 0.305 e. The smallest absolute Gasteiger partial charge is 0.305 e. The normalized spacial score (nSPS) is 10.3. The lowest BCUT2D eigenvalue weighted by atomic mass is 10.2. The number of ether oxygens (including phenoxy) is 1. The molecule has 0 bridgehead atoms. The fourth-order valence-corrected chi connectivity index (χ4v) is 1.83. The zero-order valence-corrected chi connectivity index (χ0v) is 10.9. The highest BCUT2D eigenvalue weighted by molar-refractivity contribution is 6.30. The standard InChI is InChI=1S/C13H10ClFN2O3/c14-9-1-4-13(8(5-9)7-16)20-10-2-3-12(17(18)19)11(15)6-10/h1-6H,7,16H2. The summed E-state index contributed by atoms with van der Waals surface area (Å²) in [5, 5.41) is 11.0. The second kappa shape index (κ2) is 5.85. The van der Waals surface area contributed by atoms with Gasteiger partial charge in [-0.3, -0.25) is 10.1 Å². The van der Waals surface area contributed by atoms with E-state index >= 15 is 0 Å². The van der Waals surface area contributed by atoms with Crippen molar-refractivity contribution in [1.82, 2.24) is 0 Å². The van der Waals surface area contributed by atoms with Gasteiger partial charge in [0.15, 0.2) is 0 Å². The quantitative estimate of drug-likeness (QED) is 0.690. The molecule has 0 saturated carbocycles. The lowest BCUT2D eigenvalue weighted by Gasteiger charge is -2.10. The minimum atomic E-state index is -0.962. The van der Waals surface area contributed by atoms with Gasteiger partial charge in [0.25, 0.3) is 0 Å². The molecule has 5 nitrogen and oxygen atoms in total. The van der Waals surface area contributed by atoms with Crippen molar-refractivity contribution in [3.8, 4) is 11.5 Å². The largest absolute Gasteiger partial charge is 0.457 e. The minimum absolute atomic E-state index is 0.144. The summed E-state index contributed by atoms with van der Waals surface area (Å²) >= 11 is 5.83. The van der Waals surface area contributed by atoms with E-state index in [1.54, 1.807) is 18.2 Å². The highest BCUT2D eigenvalue weighted by atomic mass is 35.5. The number of rotatable bonds is 4. The van der Waals surface area contributed by atoms with Crippen LogP contribution in [0.25, 0.3) is 0 Å². The molecule has 0 aromatic heterocycles. The fraction of sp³-hybridized carbons (Fsp3) is 0.0769. The second-order valence-electron chi connectivity index (χ2n) is 3.93. The van der Waals surface area contributed by atoms with Crippen LogP contribution in [0.2, 0.25) is 5.02 Å². The summed E-state index contributed by atoms with van der Waals surface area (Å²) in [5.41, 5.74) is 5.61. The second-order valence-corrected chi connectivity index (χ2v) is 4.36. The van der Waals surface area contributed by atoms with Crippen LogP contribution in [-0.2, 0) is 6.54 Å². The summed E-state index contributed by atoms with van der Waals surface area (Å²) < 4.78 is 19.0. The van der Waals surface area contributed by atoms with Crippen LogP contribution in [0.1, 0.15) is 5.56 Å². The molecule has 2 aromatic carbocycles. The van der Waals surface area contributed by atoms with Gasteiger partial charge in [0.1, 0.15) is 11.5 Å². The zero-order valence-electron chi connectivity index (χ0n) is 10.2. The van der Waals surface area contributed by atoms with E-state index in [1.165, 1.54) is 6.07 Å². The van der Waals surface area contributed by atoms with Gasteiger partial charge >= 0.3 is 5.69 Å². The summed E-state index contributed by atoms with van der Waals surface area (Å²) in [6.07, 6.45) is 0.